The van der Waals surface area contributed by atoms with Crippen LogP contribution in [0.1, 0.15) is 47.1 Å². The Morgan fingerprint density at radius 2 is 1.84 bits per heavy atom. The summed E-state index contributed by atoms with van der Waals surface area (Å²) < 4.78 is 6.23. The van der Waals surface area contributed by atoms with E-state index in [-0.39, 0.29) is 29.3 Å². The number of Topliss-reactive ketones (excluding diaryl/α,β-unsaturated/α-hetero) is 1. The highest BCUT2D eigenvalue weighted by Gasteiger charge is 2.69. The van der Waals surface area contributed by atoms with Crippen molar-refractivity contribution in [1.82, 2.24) is 0 Å². The normalized spacial score (nSPS) is 31.4. The van der Waals surface area contributed by atoms with Crippen molar-refractivity contribution in [2.24, 2.45) is 11.3 Å². The van der Waals surface area contributed by atoms with Gasteiger partial charge in [0, 0.05) is 18.1 Å². The van der Waals surface area contributed by atoms with Crippen LogP contribution in [0.15, 0.2) is 42.2 Å². The molecule has 2 bridgehead atoms. The number of non-ortho nitro benzene ring substituents is 1. The SMILES string of the molecule is Cc1cc(C)c(C2=C(O)[C@@]3(C)[C@@H]4CC(c5cccc([N+](=O)[O-])c5)[C@@H](O4)[C@H]3C2=O)c(C)c1. The third kappa shape index (κ3) is 2.57. The number of nitro benzene ring substituents is 1. The number of fused-ring (bicyclic) bond motifs is 5. The third-order valence-electron chi connectivity index (χ3n) is 7.54. The van der Waals surface area contributed by atoms with E-state index < -0.39 is 22.4 Å². The van der Waals surface area contributed by atoms with E-state index in [0.717, 1.165) is 27.8 Å². The molecule has 0 spiro atoms. The molecule has 5 rings (SSSR count). The molecule has 0 radical (unpaired) electrons. The molecule has 6 heteroatoms. The molecular formula is C25H25NO5. The fraction of sp³-hybridized carbons (Fsp3) is 0.400. The molecule has 2 aliphatic heterocycles. The number of ketones is 1. The molecular weight excluding hydrogens is 394 g/mol. The van der Waals surface area contributed by atoms with E-state index in [2.05, 4.69) is 0 Å². The van der Waals surface area contributed by atoms with Crippen molar-refractivity contribution < 1.29 is 19.6 Å². The van der Waals surface area contributed by atoms with Crippen molar-refractivity contribution in [3.8, 4) is 0 Å². The molecule has 0 saturated carbocycles. The van der Waals surface area contributed by atoms with Crippen molar-refractivity contribution in [1.29, 1.82) is 0 Å². The highest BCUT2D eigenvalue weighted by Crippen LogP contribution is 2.64. The summed E-state index contributed by atoms with van der Waals surface area (Å²) in [5.74, 6) is -0.565. The molecule has 0 aromatic heterocycles. The van der Waals surface area contributed by atoms with Gasteiger partial charge in [-0.1, -0.05) is 29.8 Å². The van der Waals surface area contributed by atoms with E-state index in [1.165, 1.54) is 6.07 Å². The summed E-state index contributed by atoms with van der Waals surface area (Å²) in [6.45, 7) is 7.88. The second-order valence-corrected chi connectivity index (χ2v) is 9.41. The van der Waals surface area contributed by atoms with Crippen LogP contribution >= 0.6 is 0 Å². The van der Waals surface area contributed by atoms with Gasteiger partial charge in [-0.05, 0) is 56.4 Å². The van der Waals surface area contributed by atoms with Gasteiger partial charge >= 0.3 is 0 Å². The van der Waals surface area contributed by atoms with Gasteiger partial charge in [-0.2, -0.15) is 0 Å². The van der Waals surface area contributed by atoms with Gasteiger partial charge in [-0.25, -0.2) is 0 Å². The molecule has 2 aromatic carbocycles. The van der Waals surface area contributed by atoms with Gasteiger partial charge in [0.2, 0.25) is 0 Å². The molecule has 6 nitrogen and oxygen atoms in total. The van der Waals surface area contributed by atoms with E-state index >= 15 is 0 Å². The molecule has 2 fully saturated rings. The minimum atomic E-state index is -0.766. The largest absolute Gasteiger partial charge is 0.511 e. The van der Waals surface area contributed by atoms with Gasteiger partial charge in [0.05, 0.1) is 34.0 Å². The van der Waals surface area contributed by atoms with Gasteiger partial charge in [0.25, 0.3) is 5.69 Å². The van der Waals surface area contributed by atoms with Crippen LogP contribution in [0.2, 0.25) is 0 Å². The number of aliphatic hydroxyl groups excluding tert-OH is 1. The highest BCUT2D eigenvalue weighted by molar-refractivity contribution is 6.26. The molecule has 0 amide bonds. The fourth-order valence-electron chi connectivity index (χ4n) is 6.22. The summed E-state index contributed by atoms with van der Waals surface area (Å²) in [6, 6.07) is 10.6. The zero-order valence-corrected chi connectivity index (χ0v) is 18.0. The number of hydrogen-bond acceptors (Lipinski definition) is 5. The average molecular weight is 419 g/mol. The van der Waals surface area contributed by atoms with Crippen molar-refractivity contribution in [2.45, 2.75) is 52.2 Å². The Labute approximate surface area is 180 Å². The zero-order chi connectivity index (χ0) is 22.2. The lowest BCUT2D eigenvalue weighted by atomic mass is 9.64. The number of hydrogen-bond donors (Lipinski definition) is 1. The maximum Gasteiger partial charge on any atom is 0.269 e. The van der Waals surface area contributed by atoms with E-state index in [1.807, 2.05) is 45.9 Å². The number of benzene rings is 2. The number of carbonyl (C=O) groups is 1. The van der Waals surface area contributed by atoms with Crippen molar-refractivity contribution in [3.63, 3.8) is 0 Å². The number of ether oxygens (including phenoxy) is 1. The minimum Gasteiger partial charge on any atom is -0.511 e. The Kier molecular flexibility index (Phi) is 4.18. The Morgan fingerprint density at radius 1 is 1.16 bits per heavy atom. The van der Waals surface area contributed by atoms with Gasteiger partial charge in [-0.3, -0.25) is 14.9 Å². The van der Waals surface area contributed by atoms with Crippen LogP contribution in [0, 0.1) is 42.2 Å². The first-order valence-corrected chi connectivity index (χ1v) is 10.6. The first kappa shape index (κ1) is 19.9. The predicted octanol–water partition coefficient (Wildman–Crippen LogP) is 4.95. The smallest absolute Gasteiger partial charge is 0.269 e. The average Bonchev–Trinajstić information content (AvgIpc) is 3.32. The fourth-order valence-corrected chi connectivity index (χ4v) is 6.22. The number of aliphatic hydroxyl groups is 1. The standard InChI is InChI=1S/C25H25NO5/c1-12-8-13(2)19(14(3)9-12)20-22(27)21-23-17(11-18(31-23)25(21,4)24(20)28)15-6-5-7-16(10-15)26(29)30/h5-10,17-18,21,23,28H,11H2,1-4H3/t17?,18-,21+,23+,25-/m0/s1. The number of rotatable bonds is 3. The third-order valence-corrected chi connectivity index (χ3v) is 7.54. The van der Waals surface area contributed by atoms with Crippen LogP contribution in [-0.4, -0.2) is 28.0 Å². The Balaban J connectivity index is 1.57. The van der Waals surface area contributed by atoms with Crippen LogP contribution in [-0.2, 0) is 9.53 Å². The molecule has 3 aliphatic rings. The van der Waals surface area contributed by atoms with Crippen LogP contribution in [0.3, 0.4) is 0 Å². The van der Waals surface area contributed by atoms with Crippen LogP contribution in [0.25, 0.3) is 5.57 Å². The molecule has 2 heterocycles. The van der Waals surface area contributed by atoms with Gasteiger partial charge < -0.3 is 9.84 Å². The molecule has 2 saturated heterocycles. The summed E-state index contributed by atoms with van der Waals surface area (Å²) in [5, 5.41) is 22.6. The van der Waals surface area contributed by atoms with Gasteiger partial charge in [0.1, 0.15) is 5.76 Å². The Morgan fingerprint density at radius 3 is 2.48 bits per heavy atom. The zero-order valence-electron chi connectivity index (χ0n) is 18.0. The summed E-state index contributed by atoms with van der Waals surface area (Å²) >= 11 is 0. The van der Waals surface area contributed by atoms with E-state index in [9.17, 15) is 20.0 Å². The minimum absolute atomic E-state index is 0.0355. The molecule has 1 aliphatic carbocycles. The van der Waals surface area contributed by atoms with E-state index in [1.54, 1.807) is 12.1 Å². The molecule has 160 valence electrons. The summed E-state index contributed by atoms with van der Waals surface area (Å²) in [5.41, 5.74) is 4.37. The topological polar surface area (TPSA) is 89.7 Å². The number of carbonyl (C=O) groups excluding carboxylic acids is 1. The summed E-state index contributed by atoms with van der Waals surface area (Å²) in [7, 11) is 0. The maximum atomic E-state index is 13.7. The van der Waals surface area contributed by atoms with Gasteiger partial charge in [-0.15, -0.1) is 0 Å². The van der Waals surface area contributed by atoms with Crippen LogP contribution < -0.4 is 0 Å². The maximum absolute atomic E-state index is 13.7. The second kappa shape index (κ2) is 6.50. The molecule has 1 N–H and O–H groups in total. The quantitative estimate of drug-likeness (QED) is 0.562. The van der Waals surface area contributed by atoms with Crippen LogP contribution in [0.5, 0.6) is 0 Å². The van der Waals surface area contributed by atoms with Crippen molar-refractivity contribution in [3.05, 3.63) is 80.1 Å². The summed E-state index contributed by atoms with van der Waals surface area (Å²) in [4.78, 5) is 24.5. The Hall–Kier alpha value is -2.99. The Bertz CT molecular complexity index is 1160. The van der Waals surface area contributed by atoms with Crippen molar-refractivity contribution >= 4 is 17.0 Å². The van der Waals surface area contributed by atoms with Gasteiger partial charge in [0.15, 0.2) is 5.78 Å². The number of nitrogens with zero attached hydrogens (tertiary/aromatic N) is 1. The number of allylic oxidation sites excluding steroid dienone is 1. The molecule has 5 atom stereocenters. The lowest BCUT2D eigenvalue weighted by Gasteiger charge is -2.35. The van der Waals surface area contributed by atoms with E-state index in [0.29, 0.717) is 12.0 Å². The summed E-state index contributed by atoms with van der Waals surface area (Å²) in [6.07, 6.45) is -0.0931. The first-order chi connectivity index (χ1) is 14.6. The van der Waals surface area contributed by atoms with Crippen LogP contribution in [0.4, 0.5) is 5.69 Å². The first-order valence-electron chi connectivity index (χ1n) is 10.6. The number of aryl methyl sites for hydroxylation is 3. The van der Waals surface area contributed by atoms with Crippen molar-refractivity contribution in [2.75, 3.05) is 0 Å². The predicted molar refractivity (Wildman–Crippen MR) is 116 cm³/mol. The van der Waals surface area contributed by atoms with E-state index in [4.69, 9.17) is 4.74 Å². The number of nitro groups is 1. The molecule has 1 unspecified atom stereocenters. The monoisotopic (exact) mass is 419 g/mol. The highest BCUT2D eigenvalue weighted by atomic mass is 16.6. The second-order valence-electron chi connectivity index (χ2n) is 9.41. The molecule has 31 heavy (non-hydrogen) atoms. The lowest BCUT2D eigenvalue weighted by molar-refractivity contribution is -0.384. The molecule has 2 aromatic rings. The lowest BCUT2D eigenvalue weighted by Crippen LogP contribution is -2.41.